The Kier molecular flexibility index (Phi) is 3.43. The van der Waals surface area contributed by atoms with Crippen molar-refractivity contribution in [2.24, 2.45) is 0 Å². The van der Waals surface area contributed by atoms with Crippen LogP contribution in [0.5, 0.6) is 0 Å². The Labute approximate surface area is 107 Å². The molecular formula is C12H15N3O2S. The van der Waals surface area contributed by atoms with E-state index in [2.05, 4.69) is 5.32 Å². The van der Waals surface area contributed by atoms with Crippen LogP contribution >= 0.6 is 0 Å². The molecule has 1 aliphatic rings. The van der Waals surface area contributed by atoms with Gasteiger partial charge in [0.1, 0.15) is 15.9 Å². The molecule has 0 bridgehead atoms. The molecule has 1 aromatic rings. The molecule has 0 aliphatic carbocycles. The number of nitrogens with two attached hydrogens (primary N) is 1. The Balaban J connectivity index is 2.03. The van der Waals surface area contributed by atoms with E-state index >= 15 is 0 Å². The summed E-state index contributed by atoms with van der Waals surface area (Å²) >= 11 is 0. The fourth-order valence-electron chi connectivity index (χ4n) is 2.02. The van der Waals surface area contributed by atoms with Crippen molar-refractivity contribution >= 4 is 21.2 Å². The molecule has 96 valence electrons. The zero-order valence-corrected chi connectivity index (χ0v) is 10.7. The number of hydrogen-bond donors (Lipinski definition) is 2. The van der Waals surface area contributed by atoms with E-state index in [4.69, 9.17) is 11.0 Å². The highest BCUT2D eigenvalue weighted by Gasteiger charge is 2.23. The maximum atomic E-state index is 11.3. The van der Waals surface area contributed by atoms with E-state index in [0.717, 1.165) is 5.69 Å². The minimum absolute atomic E-state index is 0.154. The van der Waals surface area contributed by atoms with E-state index in [1.165, 1.54) is 0 Å². The molecule has 5 nitrogen and oxygen atoms in total. The van der Waals surface area contributed by atoms with Crippen molar-refractivity contribution in [3.8, 4) is 6.07 Å². The summed E-state index contributed by atoms with van der Waals surface area (Å²) in [7, 11) is -2.83. The van der Waals surface area contributed by atoms with Crippen LogP contribution < -0.4 is 11.1 Å². The number of nitrogens with one attached hydrogen (secondary N) is 1. The highest BCUT2D eigenvalue weighted by molar-refractivity contribution is 7.91. The number of nitrogens with zero attached hydrogens (tertiary/aromatic N) is 1. The van der Waals surface area contributed by atoms with Gasteiger partial charge in [0.2, 0.25) is 0 Å². The Hall–Kier alpha value is -1.74. The van der Waals surface area contributed by atoms with E-state index in [0.29, 0.717) is 24.1 Å². The van der Waals surface area contributed by atoms with Gasteiger partial charge in [0.25, 0.3) is 0 Å². The molecule has 0 aromatic heterocycles. The van der Waals surface area contributed by atoms with Gasteiger partial charge in [0, 0.05) is 11.7 Å². The predicted octanol–water partition coefficient (Wildman–Crippen LogP) is 1.13. The minimum atomic E-state index is -2.83. The average molecular weight is 265 g/mol. The SMILES string of the molecule is N#Cc1ccc(NC2CCS(=O)(=O)CC2)cc1N. The highest BCUT2D eigenvalue weighted by Crippen LogP contribution is 2.21. The molecule has 1 fully saturated rings. The van der Waals surface area contributed by atoms with Crippen molar-refractivity contribution in [2.75, 3.05) is 22.6 Å². The van der Waals surface area contributed by atoms with Crippen molar-refractivity contribution < 1.29 is 8.42 Å². The van der Waals surface area contributed by atoms with Crippen molar-refractivity contribution in [3.05, 3.63) is 23.8 Å². The first kappa shape index (κ1) is 12.7. The quantitative estimate of drug-likeness (QED) is 0.781. The van der Waals surface area contributed by atoms with Crippen LogP contribution in [-0.2, 0) is 9.84 Å². The summed E-state index contributed by atoms with van der Waals surface area (Å²) in [4.78, 5) is 0. The number of benzene rings is 1. The molecule has 0 amide bonds. The molecule has 0 atom stereocenters. The molecule has 0 unspecified atom stereocenters. The Bertz CT molecular complexity index is 576. The monoisotopic (exact) mass is 265 g/mol. The van der Waals surface area contributed by atoms with Gasteiger partial charge < -0.3 is 11.1 Å². The summed E-state index contributed by atoms with van der Waals surface area (Å²) < 4.78 is 22.6. The van der Waals surface area contributed by atoms with Crippen LogP contribution in [0, 0.1) is 11.3 Å². The van der Waals surface area contributed by atoms with Gasteiger partial charge in [0.05, 0.1) is 22.8 Å². The summed E-state index contributed by atoms with van der Waals surface area (Å²) in [6.07, 6.45) is 1.23. The summed E-state index contributed by atoms with van der Waals surface area (Å²) in [5, 5.41) is 12.0. The predicted molar refractivity (Wildman–Crippen MR) is 70.9 cm³/mol. The first-order chi connectivity index (χ1) is 8.50. The topological polar surface area (TPSA) is 96.0 Å². The second-order valence-corrected chi connectivity index (χ2v) is 6.79. The van der Waals surface area contributed by atoms with E-state index in [9.17, 15) is 8.42 Å². The average Bonchev–Trinajstić information content (AvgIpc) is 2.32. The van der Waals surface area contributed by atoms with Crippen LogP contribution in [0.1, 0.15) is 18.4 Å². The first-order valence-electron chi connectivity index (χ1n) is 5.77. The van der Waals surface area contributed by atoms with Crippen LogP contribution in [0.2, 0.25) is 0 Å². The van der Waals surface area contributed by atoms with Gasteiger partial charge in [0.15, 0.2) is 0 Å². The lowest BCUT2D eigenvalue weighted by atomic mass is 10.1. The molecule has 0 spiro atoms. The van der Waals surface area contributed by atoms with Crippen molar-refractivity contribution in [1.82, 2.24) is 0 Å². The van der Waals surface area contributed by atoms with E-state index in [1.54, 1.807) is 18.2 Å². The molecule has 1 aliphatic heterocycles. The molecule has 1 heterocycles. The fraction of sp³-hybridized carbons (Fsp3) is 0.417. The Morgan fingerprint density at radius 2 is 2.00 bits per heavy atom. The molecular weight excluding hydrogens is 250 g/mol. The number of sulfone groups is 1. The van der Waals surface area contributed by atoms with Gasteiger partial charge in [-0.3, -0.25) is 0 Å². The lowest BCUT2D eigenvalue weighted by molar-refractivity contribution is 0.559. The maximum Gasteiger partial charge on any atom is 0.150 e. The summed E-state index contributed by atoms with van der Waals surface area (Å²) in [5.74, 6) is 0.465. The second-order valence-electron chi connectivity index (χ2n) is 4.48. The lowest BCUT2D eigenvalue weighted by Gasteiger charge is -2.24. The van der Waals surface area contributed by atoms with Gasteiger partial charge >= 0.3 is 0 Å². The van der Waals surface area contributed by atoms with E-state index in [-0.39, 0.29) is 17.5 Å². The number of nitrogen functional groups attached to an aromatic ring is 1. The molecule has 0 radical (unpaired) electrons. The second kappa shape index (κ2) is 4.86. The molecule has 1 saturated heterocycles. The van der Waals surface area contributed by atoms with Crippen LogP contribution in [0.25, 0.3) is 0 Å². The third kappa shape index (κ3) is 2.93. The molecule has 6 heteroatoms. The smallest absolute Gasteiger partial charge is 0.150 e. The summed E-state index contributed by atoms with van der Waals surface area (Å²) in [5.41, 5.74) is 7.44. The standard InChI is InChI=1S/C12H15N3O2S/c13-8-9-1-2-11(7-12(9)14)15-10-3-5-18(16,17)6-4-10/h1-2,7,10,15H,3-6,14H2. The van der Waals surface area contributed by atoms with Gasteiger partial charge in [-0.05, 0) is 31.0 Å². The van der Waals surface area contributed by atoms with Gasteiger partial charge in [-0.1, -0.05) is 0 Å². The van der Waals surface area contributed by atoms with Crippen molar-refractivity contribution in [1.29, 1.82) is 5.26 Å². The van der Waals surface area contributed by atoms with Crippen LogP contribution in [0.4, 0.5) is 11.4 Å². The molecule has 3 N–H and O–H groups in total. The molecule has 18 heavy (non-hydrogen) atoms. The summed E-state index contributed by atoms with van der Waals surface area (Å²) in [6, 6.07) is 7.32. The largest absolute Gasteiger partial charge is 0.398 e. The maximum absolute atomic E-state index is 11.3. The molecule has 2 rings (SSSR count). The van der Waals surface area contributed by atoms with Crippen molar-refractivity contribution in [2.45, 2.75) is 18.9 Å². The van der Waals surface area contributed by atoms with Gasteiger partial charge in [-0.2, -0.15) is 5.26 Å². The fourth-order valence-corrected chi connectivity index (χ4v) is 3.52. The van der Waals surface area contributed by atoms with Crippen LogP contribution in [0.15, 0.2) is 18.2 Å². The normalized spacial score (nSPS) is 19.1. The number of hydrogen-bond acceptors (Lipinski definition) is 5. The highest BCUT2D eigenvalue weighted by atomic mass is 32.2. The van der Waals surface area contributed by atoms with Crippen LogP contribution in [-0.4, -0.2) is 26.0 Å². The van der Waals surface area contributed by atoms with E-state index in [1.807, 2.05) is 6.07 Å². The molecule has 1 aromatic carbocycles. The van der Waals surface area contributed by atoms with Gasteiger partial charge in [-0.15, -0.1) is 0 Å². The summed E-state index contributed by atoms with van der Waals surface area (Å²) in [6.45, 7) is 0. The Morgan fingerprint density at radius 1 is 1.33 bits per heavy atom. The van der Waals surface area contributed by atoms with Gasteiger partial charge in [-0.25, -0.2) is 8.42 Å². The third-order valence-electron chi connectivity index (χ3n) is 3.10. The number of anilines is 2. The lowest BCUT2D eigenvalue weighted by Crippen LogP contribution is -2.32. The van der Waals surface area contributed by atoms with E-state index < -0.39 is 9.84 Å². The molecule has 0 saturated carbocycles. The zero-order chi connectivity index (χ0) is 13.2. The number of nitriles is 1. The zero-order valence-electron chi connectivity index (χ0n) is 9.89. The van der Waals surface area contributed by atoms with Crippen LogP contribution in [0.3, 0.4) is 0 Å². The number of rotatable bonds is 2. The third-order valence-corrected chi connectivity index (χ3v) is 4.81. The van der Waals surface area contributed by atoms with Crippen molar-refractivity contribution in [3.63, 3.8) is 0 Å². The minimum Gasteiger partial charge on any atom is -0.398 e. The first-order valence-corrected chi connectivity index (χ1v) is 7.59. The Morgan fingerprint density at radius 3 is 2.56 bits per heavy atom.